The molecule has 20 heavy (non-hydrogen) atoms. The Bertz CT molecular complexity index is 604. The van der Waals surface area contributed by atoms with E-state index in [2.05, 4.69) is 16.6 Å². The van der Waals surface area contributed by atoms with Gasteiger partial charge in [-0.2, -0.15) is 18.4 Å². The molecule has 0 heterocycles. The summed E-state index contributed by atoms with van der Waals surface area (Å²) in [6.45, 7) is 1.86. The van der Waals surface area contributed by atoms with Gasteiger partial charge < -0.3 is 4.74 Å². The van der Waals surface area contributed by atoms with E-state index in [1.54, 1.807) is 6.92 Å². The fraction of sp³-hybridized carbons (Fsp3) is 0.286. The highest BCUT2D eigenvalue weighted by atomic mass is 19.4. The van der Waals surface area contributed by atoms with Gasteiger partial charge in [0.2, 0.25) is 0 Å². The molecule has 3 nitrogen and oxygen atoms in total. The van der Waals surface area contributed by atoms with Gasteiger partial charge in [-0.25, -0.2) is 0 Å². The quantitative estimate of drug-likeness (QED) is 0.618. The smallest absolute Gasteiger partial charge is 0.417 e. The number of esters is 1. The zero-order valence-electron chi connectivity index (χ0n) is 10.5. The van der Waals surface area contributed by atoms with Crippen LogP contribution in [0.15, 0.2) is 18.2 Å². The number of nitrogens with zero attached hydrogens (tertiary/aromatic N) is 1. The first-order valence-corrected chi connectivity index (χ1v) is 5.64. The van der Waals surface area contributed by atoms with Crippen LogP contribution in [0, 0.1) is 23.2 Å². The first-order valence-electron chi connectivity index (χ1n) is 5.64. The van der Waals surface area contributed by atoms with Gasteiger partial charge in [0.05, 0.1) is 23.8 Å². The lowest BCUT2D eigenvalue weighted by Crippen LogP contribution is -2.08. The van der Waals surface area contributed by atoms with E-state index >= 15 is 0 Å². The zero-order chi connectivity index (χ0) is 15.2. The van der Waals surface area contributed by atoms with Crippen molar-refractivity contribution in [2.24, 2.45) is 0 Å². The van der Waals surface area contributed by atoms with Crippen LogP contribution in [0.25, 0.3) is 0 Å². The maximum absolute atomic E-state index is 12.7. The summed E-state index contributed by atoms with van der Waals surface area (Å²) in [4.78, 5) is 11.0. The highest BCUT2D eigenvalue weighted by Gasteiger charge is 2.33. The molecule has 6 heteroatoms. The Kier molecular flexibility index (Phi) is 5.16. The highest BCUT2D eigenvalue weighted by Crippen LogP contribution is 2.32. The SMILES string of the molecule is CCOC(=O)CC#Cc1ccc(C#N)c(C(F)(F)F)c1. The van der Waals surface area contributed by atoms with Crippen LogP contribution in [0.4, 0.5) is 13.2 Å². The van der Waals surface area contributed by atoms with Crippen LogP contribution in [0.1, 0.15) is 30.0 Å². The molecule has 0 fully saturated rings. The van der Waals surface area contributed by atoms with Crippen molar-refractivity contribution in [3.05, 3.63) is 34.9 Å². The normalized spacial score (nSPS) is 10.2. The molecule has 0 aliphatic rings. The summed E-state index contributed by atoms with van der Waals surface area (Å²) >= 11 is 0. The van der Waals surface area contributed by atoms with Crippen molar-refractivity contribution in [2.45, 2.75) is 19.5 Å². The van der Waals surface area contributed by atoms with Crippen LogP contribution in [-0.2, 0) is 15.7 Å². The number of hydrogen-bond donors (Lipinski definition) is 0. The largest absolute Gasteiger partial charge is 0.465 e. The zero-order valence-corrected chi connectivity index (χ0v) is 10.5. The Hall–Kier alpha value is -2.47. The van der Waals surface area contributed by atoms with Crippen molar-refractivity contribution in [3.8, 4) is 17.9 Å². The minimum atomic E-state index is -4.62. The second-order valence-electron chi connectivity index (χ2n) is 3.65. The van der Waals surface area contributed by atoms with E-state index in [-0.39, 0.29) is 18.6 Å². The van der Waals surface area contributed by atoms with E-state index in [9.17, 15) is 18.0 Å². The highest BCUT2D eigenvalue weighted by molar-refractivity contribution is 5.72. The fourth-order valence-corrected chi connectivity index (χ4v) is 1.38. The summed E-state index contributed by atoms with van der Waals surface area (Å²) in [5.74, 6) is 4.33. The summed E-state index contributed by atoms with van der Waals surface area (Å²) in [6.07, 6.45) is -4.82. The maximum Gasteiger partial charge on any atom is 0.417 e. The lowest BCUT2D eigenvalue weighted by atomic mass is 10.0. The van der Waals surface area contributed by atoms with Crippen molar-refractivity contribution in [3.63, 3.8) is 0 Å². The minimum absolute atomic E-state index is 0.0839. The van der Waals surface area contributed by atoms with E-state index in [4.69, 9.17) is 5.26 Å². The van der Waals surface area contributed by atoms with Gasteiger partial charge >= 0.3 is 12.1 Å². The van der Waals surface area contributed by atoms with Gasteiger partial charge in [0.15, 0.2) is 0 Å². The van der Waals surface area contributed by atoms with Crippen LogP contribution in [-0.4, -0.2) is 12.6 Å². The first-order chi connectivity index (χ1) is 9.38. The number of benzene rings is 1. The summed E-state index contributed by atoms with van der Waals surface area (Å²) in [5.41, 5.74) is -1.42. The third-order valence-electron chi connectivity index (χ3n) is 2.22. The molecule has 0 spiro atoms. The average Bonchev–Trinajstić information content (AvgIpc) is 2.38. The Morgan fingerprint density at radius 1 is 1.40 bits per heavy atom. The number of rotatable bonds is 2. The Labute approximate surface area is 114 Å². The molecule has 0 aliphatic heterocycles. The molecular formula is C14H10F3NO2. The molecule has 1 aromatic carbocycles. The molecule has 0 saturated heterocycles. The third-order valence-corrected chi connectivity index (χ3v) is 2.22. The molecule has 0 aliphatic carbocycles. The van der Waals surface area contributed by atoms with Crippen molar-refractivity contribution in [1.29, 1.82) is 5.26 Å². The van der Waals surface area contributed by atoms with E-state index in [1.165, 1.54) is 12.1 Å². The molecule has 0 unspecified atom stereocenters. The average molecular weight is 281 g/mol. The number of nitriles is 1. The van der Waals surface area contributed by atoms with Crippen molar-refractivity contribution >= 4 is 5.97 Å². The second kappa shape index (κ2) is 6.63. The number of ether oxygens (including phenoxy) is 1. The molecule has 0 saturated carbocycles. The van der Waals surface area contributed by atoms with Crippen LogP contribution < -0.4 is 0 Å². The van der Waals surface area contributed by atoms with Gasteiger partial charge in [-0.1, -0.05) is 11.8 Å². The molecule has 104 valence electrons. The van der Waals surface area contributed by atoms with Crippen LogP contribution in [0.2, 0.25) is 0 Å². The number of carbonyl (C=O) groups excluding carboxylic acids is 1. The maximum atomic E-state index is 12.7. The van der Waals surface area contributed by atoms with E-state index < -0.39 is 23.3 Å². The predicted molar refractivity (Wildman–Crippen MR) is 64.3 cm³/mol. The number of alkyl halides is 3. The Balaban J connectivity index is 2.97. The summed E-state index contributed by atoms with van der Waals surface area (Å²) in [7, 11) is 0. The summed E-state index contributed by atoms with van der Waals surface area (Å²) in [5, 5.41) is 8.63. The van der Waals surface area contributed by atoms with Gasteiger partial charge in [-0.05, 0) is 25.1 Å². The summed E-state index contributed by atoms with van der Waals surface area (Å²) in [6, 6.07) is 4.62. The molecule has 1 rings (SSSR count). The van der Waals surface area contributed by atoms with Gasteiger partial charge in [0.25, 0.3) is 0 Å². The second-order valence-corrected chi connectivity index (χ2v) is 3.65. The molecule has 1 aromatic rings. The van der Waals surface area contributed by atoms with Crippen molar-refractivity contribution < 1.29 is 22.7 Å². The van der Waals surface area contributed by atoms with Crippen LogP contribution >= 0.6 is 0 Å². The van der Waals surface area contributed by atoms with Gasteiger partial charge in [0, 0.05) is 5.56 Å². The fourth-order valence-electron chi connectivity index (χ4n) is 1.38. The Morgan fingerprint density at radius 2 is 2.10 bits per heavy atom. The molecule has 0 atom stereocenters. The lowest BCUT2D eigenvalue weighted by Gasteiger charge is -2.08. The lowest BCUT2D eigenvalue weighted by molar-refractivity contribution is -0.142. The standard InChI is InChI=1S/C14H10F3NO2/c1-2-20-13(19)5-3-4-10-6-7-11(9-18)12(8-10)14(15,16)17/h6-8H,2,5H2,1H3. The molecule has 0 N–H and O–H groups in total. The number of carbonyl (C=O) groups is 1. The van der Waals surface area contributed by atoms with E-state index in [1.807, 2.05) is 0 Å². The number of halogens is 3. The van der Waals surface area contributed by atoms with Gasteiger partial charge in [-0.15, -0.1) is 0 Å². The molecule has 0 aromatic heterocycles. The van der Waals surface area contributed by atoms with Crippen molar-refractivity contribution in [2.75, 3.05) is 6.61 Å². The topological polar surface area (TPSA) is 50.1 Å². The Morgan fingerprint density at radius 3 is 2.65 bits per heavy atom. The predicted octanol–water partition coefficient (Wildman–Crippen LogP) is 2.88. The molecule has 0 radical (unpaired) electrons. The van der Waals surface area contributed by atoms with Crippen molar-refractivity contribution in [1.82, 2.24) is 0 Å². The van der Waals surface area contributed by atoms with E-state index in [0.717, 1.165) is 12.1 Å². The van der Waals surface area contributed by atoms with Gasteiger partial charge in [0.1, 0.15) is 6.42 Å². The van der Waals surface area contributed by atoms with Crippen LogP contribution in [0.5, 0.6) is 0 Å². The van der Waals surface area contributed by atoms with E-state index in [0.29, 0.717) is 0 Å². The molecule has 0 bridgehead atoms. The minimum Gasteiger partial charge on any atom is -0.465 e. The van der Waals surface area contributed by atoms with Gasteiger partial charge in [-0.3, -0.25) is 4.79 Å². The summed E-state index contributed by atoms with van der Waals surface area (Å²) < 4.78 is 42.7. The van der Waals surface area contributed by atoms with Crippen LogP contribution in [0.3, 0.4) is 0 Å². The third kappa shape index (κ3) is 4.33. The molecular weight excluding hydrogens is 271 g/mol. The molecule has 0 amide bonds. The monoisotopic (exact) mass is 281 g/mol. The first kappa shape index (κ1) is 15.6. The number of hydrogen-bond acceptors (Lipinski definition) is 3.